The lowest BCUT2D eigenvalue weighted by atomic mass is 9.89. The highest BCUT2D eigenvalue weighted by Crippen LogP contribution is 2.26. The molecule has 1 aromatic carbocycles. The standard InChI is InChI=1S/C14H17F3N2O2.ClH/c1-6-3-4-18-7(2)12(6)19-14(21)8-5-9(15)11(17)13(20)10(8)16;/h5-7,12,18,20H,3-4H2,1-2H3,(H,19,21);1H. The molecule has 1 heterocycles. The zero-order valence-electron chi connectivity index (χ0n) is 12.1. The third kappa shape index (κ3) is 3.47. The highest BCUT2D eigenvalue weighted by molar-refractivity contribution is 5.95. The van der Waals surface area contributed by atoms with E-state index >= 15 is 0 Å². The van der Waals surface area contributed by atoms with Gasteiger partial charge in [0.25, 0.3) is 5.91 Å². The van der Waals surface area contributed by atoms with Crippen molar-refractivity contribution in [2.45, 2.75) is 32.4 Å². The summed E-state index contributed by atoms with van der Waals surface area (Å²) in [6, 6.07) is 0.159. The molecule has 0 aliphatic carbocycles. The maximum atomic E-state index is 13.7. The highest BCUT2D eigenvalue weighted by atomic mass is 35.5. The molecule has 3 atom stereocenters. The number of piperidine rings is 1. The Kier molecular flexibility index (Phi) is 6.08. The van der Waals surface area contributed by atoms with Crippen LogP contribution in [0.15, 0.2) is 6.07 Å². The molecule has 1 fully saturated rings. The minimum Gasteiger partial charge on any atom is -0.503 e. The summed E-state index contributed by atoms with van der Waals surface area (Å²) in [7, 11) is 0. The lowest BCUT2D eigenvalue weighted by Crippen LogP contribution is -2.56. The van der Waals surface area contributed by atoms with Crippen molar-refractivity contribution >= 4 is 18.3 Å². The van der Waals surface area contributed by atoms with E-state index in [9.17, 15) is 18.0 Å². The molecule has 1 amide bonds. The molecule has 22 heavy (non-hydrogen) atoms. The molecule has 0 saturated carbocycles. The number of amides is 1. The normalized spacial score (nSPS) is 24.5. The number of hydrogen-bond acceptors (Lipinski definition) is 3. The maximum Gasteiger partial charge on any atom is 0.254 e. The van der Waals surface area contributed by atoms with Gasteiger partial charge in [-0.1, -0.05) is 6.92 Å². The second-order valence-electron chi connectivity index (χ2n) is 5.39. The van der Waals surface area contributed by atoms with E-state index in [1.807, 2.05) is 13.8 Å². The lowest BCUT2D eigenvalue weighted by molar-refractivity contribution is 0.0891. The predicted molar refractivity (Wildman–Crippen MR) is 77.7 cm³/mol. The Morgan fingerprint density at radius 3 is 2.55 bits per heavy atom. The van der Waals surface area contributed by atoms with Crippen LogP contribution in [0.2, 0.25) is 0 Å². The van der Waals surface area contributed by atoms with Crippen LogP contribution in [0.1, 0.15) is 30.6 Å². The van der Waals surface area contributed by atoms with E-state index in [-0.39, 0.29) is 30.4 Å². The first-order chi connectivity index (χ1) is 9.82. The first-order valence-corrected chi connectivity index (χ1v) is 6.73. The number of halogens is 4. The second kappa shape index (κ2) is 7.19. The molecular weight excluding hydrogens is 321 g/mol. The minimum absolute atomic E-state index is 0. The van der Waals surface area contributed by atoms with E-state index in [4.69, 9.17) is 5.11 Å². The number of benzene rings is 1. The Labute approximate surface area is 132 Å². The van der Waals surface area contributed by atoms with E-state index in [2.05, 4.69) is 10.6 Å². The van der Waals surface area contributed by atoms with Crippen LogP contribution in [0.25, 0.3) is 0 Å². The van der Waals surface area contributed by atoms with Gasteiger partial charge in [0.2, 0.25) is 5.82 Å². The van der Waals surface area contributed by atoms with Gasteiger partial charge in [-0.05, 0) is 31.9 Å². The number of phenolic OH excluding ortho intramolecular Hbond substituents is 1. The lowest BCUT2D eigenvalue weighted by Gasteiger charge is -2.36. The molecule has 1 aliphatic rings. The number of phenols is 1. The third-order valence-electron chi connectivity index (χ3n) is 3.89. The van der Waals surface area contributed by atoms with Crippen molar-refractivity contribution in [3.63, 3.8) is 0 Å². The van der Waals surface area contributed by atoms with E-state index < -0.39 is 34.7 Å². The van der Waals surface area contributed by atoms with Crippen molar-refractivity contribution in [2.75, 3.05) is 6.54 Å². The highest BCUT2D eigenvalue weighted by Gasteiger charge is 2.30. The number of hydrogen-bond donors (Lipinski definition) is 3. The first-order valence-electron chi connectivity index (χ1n) is 6.73. The third-order valence-corrected chi connectivity index (χ3v) is 3.89. The average molecular weight is 339 g/mol. The van der Waals surface area contributed by atoms with E-state index in [1.165, 1.54) is 0 Å². The number of carbonyl (C=O) groups is 1. The molecule has 1 aliphatic heterocycles. The van der Waals surface area contributed by atoms with Gasteiger partial charge in [-0.3, -0.25) is 4.79 Å². The van der Waals surface area contributed by atoms with E-state index in [1.54, 1.807) is 0 Å². The van der Waals surface area contributed by atoms with Crippen molar-refractivity contribution < 1.29 is 23.1 Å². The zero-order valence-corrected chi connectivity index (χ0v) is 12.9. The van der Waals surface area contributed by atoms with Gasteiger partial charge in [-0.25, -0.2) is 8.78 Å². The van der Waals surface area contributed by atoms with Gasteiger partial charge >= 0.3 is 0 Å². The fraction of sp³-hybridized carbons (Fsp3) is 0.500. The fourth-order valence-corrected chi connectivity index (χ4v) is 2.59. The van der Waals surface area contributed by atoms with Gasteiger partial charge in [0.05, 0.1) is 5.56 Å². The average Bonchev–Trinajstić information content (AvgIpc) is 2.44. The summed E-state index contributed by atoms with van der Waals surface area (Å²) in [4.78, 5) is 12.1. The number of rotatable bonds is 2. The van der Waals surface area contributed by atoms with Crippen LogP contribution in [0.3, 0.4) is 0 Å². The molecule has 0 aromatic heterocycles. The summed E-state index contributed by atoms with van der Waals surface area (Å²) in [5.74, 6) is -6.84. The Hall–Kier alpha value is -1.47. The maximum absolute atomic E-state index is 13.7. The molecule has 2 rings (SSSR count). The Morgan fingerprint density at radius 2 is 1.95 bits per heavy atom. The van der Waals surface area contributed by atoms with Crippen molar-refractivity contribution in [2.24, 2.45) is 5.92 Å². The van der Waals surface area contributed by atoms with Crippen molar-refractivity contribution in [3.05, 3.63) is 29.1 Å². The van der Waals surface area contributed by atoms with Crippen LogP contribution < -0.4 is 10.6 Å². The summed E-state index contributed by atoms with van der Waals surface area (Å²) < 4.78 is 39.9. The monoisotopic (exact) mass is 338 g/mol. The molecule has 4 nitrogen and oxygen atoms in total. The van der Waals surface area contributed by atoms with Crippen LogP contribution in [0.4, 0.5) is 13.2 Å². The Bertz CT molecular complexity index is 562. The summed E-state index contributed by atoms with van der Waals surface area (Å²) >= 11 is 0. The molecule has 3 unspecified atom stereocenters. The number of nitrogens with one attached hydrogen (secondary N) is 2. The van der Waals surface area contributed by atoms with Crippen LogP contribution in [0, 0.1) is 23.4 Å². The molecule has 8 heteroatoms. The molecular formula is C14H18ClF3N2O2. The van der Waals surface area contributed by atoms with Crippen LogP contribution in [0.5, 0.6) is 5.75 Å². The topological polar surface area (TPSA) is 61.4 Å². The molecule has 0 bridgehead atoms. The van der Waals surface area contributed by atoms with Crippen molar-refractivity contribution in [1.82, 2.24) is 10.6 Å². The van der Waals surface area contributed by atoms with Gasteiger partial charge in [-0.2, -0.15) is 4.39 Å². The zero-order chi connectivity index (χ0) is 15.7. The number of carbonyl (C=O) groups excluding carboxylic acids is 1. The summed E-state index contributed by atoms with van der Waals surface area (Å²) in [6.07, 6.45) is 0.834. The second-order valence-corrected chi connectivity index (χ2v) is 5.39. The van der Waals surface area contributed by atoms with Crippen LogP contribution >= 0.6 is 12.4 Å². The van der Waals surface area contributed by atoms with Gasteiger partial charge in [0, 0.05) is 12.1 Å². The van der Waals surface area contributed by atoms with Gasteiger partial charge < -0.3 is 15.7 Å². The summed E-state index contributed by atoms with van der Waals surface area (Å²) in [6.45, 7) is 4.63. The van der Waals surface area contributed by atoms with Crippen LogP contribution in [-0.2, 0) is 0 Å². The van der Waals surface area contributed by atoms with Crippen molar-refractivity contribution in [3.8, 4) is 5.75 Å². The molecule has 1 aromatic rings. The van der Waals surface area contributed by atoms with E-state index in [0.717, 1.165) is 13.0 Å². The van der Waals surface area contributed by atoms with Crippen molar-refractivity contribution in [1.29, 1.82) is 0 Å². The molecule has 3 N–H and O–H groups in total. The largest absolute Gasteiger partial charge is 0.503 e. The predicted octanol–water partition coefficient (Wildman–Crippen LogP) is 2.35. The summed E-state index contributed by atoms with van der Waals surface area (Å²) in [5.41, 5.74) is -0.712. The smallest absolute Gasteiger partial charge is 0.254 e. The van der Waals surface area contributed by atoms with Crippen LogP contribution in [-0.4, -0.2) is 29.6 Å². The molecule has 124 valence electrons. The fourth-order valence-electron chi connectivity index (χ4n) is 2.59. The first kappa shape index (κ1) is 18.6. The van der Waals surface area contributed by atoms with Gasteiger partial charge in [-0.15, -0.1) is 12.4 Å². The Balaban J connectivity index is 0.00000242. The molecule has 1 saturated heterocycles. The number of aromatic hydroxyl groups is 1. The van der Waals surface area contributed by atoms with E-state index in [0.29, 0.717) is 6.07 Å². The van der Waals surface area contributed by atoms with Gasteiger partial charge in [0.1, 0.15) is 0 Å². The Morgan fingerprint density at radius 1 is 1.32 bits per heavy atom. The quantitative estimate of drug-likeness (QED) is 0.725. The molecule has 0 radical (unpaired) electrons. The minimum atomic E-state index is -1.70. The molecule has 0 spiro atoms. The van der Waals surface area contributed by atoms with Gasteiger partial charge in [0.15, 0.2) is 17.4 Å². The SMILES string of the molecule is CC1CCNC(C)C1NC(=O)c1cc(F)c(F)c(O)c1F.Cl. The summed E-state index contributed by atoms with van der Waals surface area (Å²) in [5, 5.41) is 14.9.